The van der Waals surface area contributed by atoms with Crippen LogP contribution in [0.15, 0.2) is 83.8 Å². The molecule has 0 aliphatic carbocycles. The molecule has 1 aliphatic rings. The Morgan fingerprint density at radius 3 is 2.31 bits per heavy atom. The van der Waals surface area contributed by atoms with Crippen LogP contribution in [-0.4, -0.2) is 64.0 Å². The number of nitrogens with zero attached hydrogens (tertiary/aromatic N) is 4. The average Bonchev–Trinajstić information content (AvgIpc) is 2.92. The Kier molecular flexibility index (Phi) is 7.39. The van der Waals surface area contributed by atoms with Crippen LogP contribution in [0.3, 0.4) is 0 Å². The van der Waals surface area contributed by atoms with E-state index in [0.717, 1.165) is 21.8 Å². The molecule has 0 spiro atoms. The number of para-hydroxylation sites is 2. The van der Waals surface area contributed by atoms with Gasteiger partial charge in [-0.15, -0.1) is 0 Å². The predicted octanol–water partition coefficient (Wildman–Crippen LogP) is 3.15. The Labute approximate surface area is 209 Å². The van der Waals surface area contributed by atoms with Gasteiger partial charge in [0.25, 0.3) is 15.7 Å². The molecule has 0 unspecified atom stereocenters. The molecule has 1 aliphatic heterocycles. The highest BCUT2D eigenvalue weighted by Gasteiger charge is 2.31. The standard InChI is InChI=1S/C25H26N4O6S/c1-35-24-13-6-5-12-23(24)26-14-16-27(17-15-26)25(30)19-28(20-8-7-9-21(18-20)29(31)32)36(33,34)22-10-3-2-4-11-22/h2-13,18H,14-17,19H2,1H3. The quantitative estimate of drug-likeness (QED) is 0.338. The topological polar surface area (TPSA) is 113 Å². The van der Waals surface area contributed by atoms with E-state index in [1.165, 1.54) is 30.3 Å². The molecule has 0 bridgehead atoms. The highest BCUT2D eigenvalue weighted by atomic mass is 32.2. The molecule has 1 amide bonds. The van der Waals surface area contributed by atoms with E-state index in [4.69, 9.17) is 4.74 Å². The van der Waals surface area contributed by atoms with Gasteiger partial charge in [0, 0.05) is 38.3 Å². The third kappa shape index (κ3) is 5.25. The summed E-state index contributed by atoms with van der Waals surface area (Å²) >= 11 is 0. The molecule has 1 heterocycles. The van der Waals surface area contributed by atoms with Gasteiger partial charge in [-0.3, -0.25) is 19.2 Å². The Bertz CT molecular complexity index is 1340. The molecule has 10 nitrogen and oxygen atoms in total. The lowest BCUT2D eigenvalue weighted by Crippen LogP contribution is -2.52. The molecule has 36 heavy (non-hydrogen) atoms. The predicted molar refractivity (Wildman–Crippen MR) is 136 cm³/mol. The number of nitro benzene ring substituents is 1. The molecule has 11 heteroatoms. The first-order valence-electron chi connectivity index (χ1n) is 11.3. The Morgan fingerprint density at radius 1 is 0.972 bits per heavy atom. The van der Waals surface area contributed by atoms with Gasteiger partial charge >= 0.3 is 0 Å². The zero-order valence-electron chi connectivity index (χ0n) is 19.7. The number of methoxy groups -OCH3 is 1. The van der Waals surface area contributed by atoms with Crippen molar-refractivity contribution in [1.29, 1.82) is 0 Å². The summed E-state index contributed by atoms with van der Waals surface area (Å²) in [7, 11) is -2.55. The number of carbonyl (C=O) groups is 1. The molecule has 0 atom stereocenters. The largest absolute Gasteiger partial charge is 0.495 e. The first kappa shape index (κ1) is 25.0. The molecule has 0 N–H and O–H groups in total. The molecular formula is C25H26N4O6S. The van der Waals surface area contributed by atoms with Gasteiger partial charge in [0.05, 0.1) is 28.3 Å². The van der Waals surface area contributed by atoms with Crippen LogP contribution in [0.4, 0.5) is 17.1 Å². The zero-order valence-corrected chi connectivity index (χ0v) is 20.5. The number of hydrogen-bond donors (Lipinski definition) is 0. The summed E-state index contributed by atoms with van der Waals surface area (Å²) in [4.78, 5) is 27.7. The van der Waals surface area contributed by atoms with E-state index < -0.39 is 21.5 Å². The second-order valence-electron chi connectivity index (χ2n) is 8.14. The van der Waals surface area contributed by atoms with Crippen LogP contribution in [-0.2, 0) is 14.8 Å². The molecular weight excluding hydrogens is 484 g/mol. The third-order valence-corrected chi connectivity index (χ3v) is 7.78. The monoisotopic (exact) mass is 510 g/mol. The first-order valence-corrected chi connectivity index (χ1v) is 12.7. The van der Waals surface area contributed by atoms with Crippen molar-refractivity contribution in [2.24, 2.45) is 0 Å². The lowest BCUT2D eigenvalue weighted by atomic mass is 10.2. The van der Waals surface area contributed by atoms with Crippen molar-refractivity contribution in [3.63, 3.8) is 0 Å². The van der Waals surface area contributed by atoms with E-state index in [1.54, 1.807) is 30.2 Å². The molecule has 3 aromatic carbocycles. The Morgan fingerprint density at radius 2 is 1.64 bits per heavy atom. The highest BCUT2D eigenvalue weighted by Crippen LogP contribution is 2.29. The van der Waals surface area contributed by atoms with E-state index in [9.17, 15) is 23.3 Å². The van der Waals surface area contributed by atoms with Crippen LogP contribution in [0.25, 0.3) is 0 Å². The minimum absolute atomic E-state index is 0.00898. The third-order valence-electron chi connectivity index (χ3n) is 6.00. The normalized spacial score (nSPS) is 13.8. The molecule has 188 valence electrons. The highest BCUT2D eigenvalue weighted by molar-refractivity contribution is 7.92. The number of hydrogen-bond acceptors (Lipinski definition) is 7. The maximum Gasteiger partial charge on any atom is 0.271 e. The van der Waals surface area contributed by atoms with E-state index >= 15 is 0 Å². The molecule has 0 saturated carbocycles. The van der Waals surface area contributed by atoms with Crippen LogP contribution in [0.1, 0.15) is 0 Å². The summed E-state index contributed by atoms with van der Waals surface area (Å²) in [5.41, 5.74) is 0.713. The van der Waals surface area contributed by atoms with Gasteiger partial charge in [0.15, 0.2) is 0 Å². The van der Waals surface area contributed by atoms with Crippen molar-refractivity contribution in [3.8, 4) is 5.75 Å². The Balaban J connectivity index is 1.56. The second-order valence-corrected chi connectivity index (χ2v) is 10.0. The summed E-state index contributed by atoms with van der Waals surface area (Å²) in [6.45, 7) is 1.41. The number of carbonyl (C=O) groups excluding carboxylic acids is 1. The van der Waals surface area contributed by atoms with Crippen LogP contribution in [0, 0.1) is 10.1 Å². The number of anilines is 2. The number of ether oxygens (including phenoxy) is 1. The lowest BCUT2D eigenvalue weighted by Gasteiger charge is -2.37. The molecule has 4 rings (SSSR count). The molecule has 0 aromatic heterocycles. The van der Waals surface area contributed by atoms with Gasteiger partial charge < -0.3 is 14.5 Å². The van der Waals surface area contributed by atoms with Crippen LogP contribution in [0.5, 0.6) is 5.75 Å². The Hall–Kier alpha value is -4.12. The van der Waals surface area contributed by atoms with Gasteiger partial charge in [0.2, 0.25) is 5.91 Å². The van der Waals surface area contributed by atoms with Crippen LogP contribution in [0.2, 0.25) is 0 Å². The fourth-order valence-electron chi connectivity index (χ4n) is 4.11. The SMILES string of the molecule is COc1ccccc1N1CCN(C(=O)CN(c2cccc([N+](=O)[O-])c2)S(=O)(=O)c2ccccc2)CC1. The van der Waals surface area contributed by atoms with E-state index in [-0.39, 0.29) is 22.2 Å². The number of rotatable bonds is 8. The summed E-state index contributed by atoms with van der Waals surface area (Å²) in [6, 6.07) is 20.6. The number of amides is 1. The van der Waals surface area contributed by atoms with Crippen LogP contribution >= 0.6 is 0 Å². The second kappa shape index (κ2) is 10.6. The number of nitro groups is 1. The van der Waals surface area contributed by atoms with Gasteiger partial charge in [-0.25, -0.2) is 8.42 Å². The minimum Gasteiger partial charge on any atom is -0.495 e. The van der Waals surface area contributed by atoms with E-state index in [2.05, 4.69) is 4.90 Å². The number of piperazine rings is 1. The van der Waals surface area contributed by atoms with Crippen molar-refractivity contribution < 1.29 is 22.9 Å². The number of benzene rings is 3. The molecule has 1 saturated heterocycles. The van der Waals surface area contributed by atoms with Crippen LogP contribution < -0.4 is 13.9 Å². The first-order chi connectivity index (χ1) is 17.3. The van der Waals surface area contributed by atoms with Crippen molar-refractivity contribution >= 4 is 33.0 Å². The van der Waals surface area contributed by atoms with Gasteiger partial charge in [-0.2, -0.15) is 0 Å². The van der Waals surface area contributed by atoms with Crippen molar-refractivity contribution in [2.45, 2.75) is 4.90 Å². The van der Waals surface area contributed by atoms with Crippen molar-refractivity contribution in [1.82, 2.24) is 4.90 Å². The minimum atomic E-state index is -4.16. The maximum absolute atomic E-state index is 13.5. The lowest BCUT2D eigenvalue weighted by molar-refractivity contribution is -0.384. The number of sulfonamides is 1. The molecule has 1 fully saturated rings. The summed E-state index contributed by atoms with van der Waals surface area (Å²) in [5, 5.41) is 11.3. The van der Waals surface area contributed by atoms with Crippen molar-refractivity contribution in [3.05, 3.63) is 89.0 Å². The zero-order chi connectivity index (χ0) is 25.7. The molecule has 3 aromatic rings. The fourth-order valence-corrected chi connectivity index (χ4v) is 5.53. The average molecular weight is 511 g/mol. The van der Waals surface area contributed by atoms with E-state index in [1.807, 2.05) is 24.3 Å². The summed E-state index contributed by atoms with van der Waals surface area (Å²) < 4.78 is 33.4. The van der Waals surface area contributed by atoms with Gasteiger partial charge in [-0.05, 0) is 30.3 Å². The summed E-state index contributed by atoms with van der Waals surface area (Å²) in [5.74, 6) is 0.351. The maximum atomic E-state index is 13.5. The van der Waals surface area contributed by atoms with Gasteiger partial charge in [-0.1, -0.05) is 36.4 Å². The van der Waals surface area contributed by atoms with Crippen molar-refractivity contribution in [2.75, 3.05) is 49.0 Å². The smallest absolute Gasteiger partial charge is 0.271 e. The fraction of sp³-hybridized carbons (Fsp3) is 0.240. The molecule has 0 radical (unpaired) electrons. The number of non-ortho nitro benzene ring substituents is 1. The van der Waals surface area contributed by atoms with E-state index in [0.29, 0.717) is 26.2 Å². The van der Waals surface area contributed by atoms with Gasteiger partial charge in [0.1, 0.15) is 12.3 Å². The summed E-state index contributed by atoms with van der Waals surface area (Å²) in [6.07, 6.45) is 0.